The van der Waals surface area contributed by atoms with Gasteiger partial charge in [-0.25, -0.2) is 4.39 Å². The molecule has 6 heteroatoms. The lowest BCUT2D eigenvalue weighted by Crippen LogP contribution is -2.21. The Bertz CT molecular complexity index is 702. The fourth-order valence-corrected chi connectivity index (χ4v) is 2.00. The molecule has 2 N–H and O–H groups in total. The SMILES string of the molecule is CC(=O)c1ccc(NCC(=O)Nc2ccc(F)cc2Cl)cc1. The summed E-state index contributed by atoms with van der Waals surface area (Å²) in [4.78, 5) is 23.0. The number of hydrogen-bond donors (Lipinski definition) is 2. The van der Waals surface area contributed by atoms with Crippen LogP contribution >= 0.6 is 11.6 Å². The first kappa shape index (κ1) is 16.0. The predicted molar refractivity (Wildman–Crippen MR) is 85.0 cm³/mol. The van der Waals surface area contributed by atoms with Crippen LogP contribution in [0, 0.1) is 5.82 Å². The predicted octanol–water partition coefficient (Wildman–Crippen LogP) is 3.73. The normalized spacial score (nSPS) is 10.1. The van der Waals surface area contributed by atoms with Crippen molar-refractivity contribution in [2.24, 2.45) is 0 Å². The molecule has 22 heavy (non-hydrogen) atoms. The van der Waals surface area contributed by atoms with Crippen molar-refractivity contribution in [3.8, 4) is 0 Å². The van der Waals surface area contributed by atoms with Gasteiger partial charge in [-0.1, -0.05) is 11.6 Å². The zero-order valence-corrected chi connectivity index (χ0v) is 12.6. The summed E-state index contributed by atoms with van der Waals surface area (Å²) in [6.45, 7) is 1.51. The van der Waals surface area contributed by atoms with Crippen LogP contribution in [-0.4, -0.2) is 18.2 Å². The van der Waals surface area contributed by atoms with E-state index in [0.717, 1.165) is 6.07 Å². The second-order valence-electron chi connectivity index (χ2n) is 4.66. The van der Waals surface area contributed by atoms with E-state index in [4.69, 9.17) is 11.6 Å². The minimum Gasteiger partial charge on any atom is -0.376 e. The molecule has 0 aliphatic rings. The van der Waals surface area contributed by atoms with Crippen LogP contribution in [0.5, 0.6) is 0 Å². The maximum Gasteiger partial charge on any atom is 0.243 e. The first-order chi connectivity index (χ1) is 10.5. The average Bonchev–Trinajstić information content (AvgIpc) is 2.48. The van der Waals surface area contributed by atoms with Crippen LogP contribution in [0.4, 0.5) is 15.8 Å². The highest BCUT2D eigenvalue weighted by atomic mass is 35.5. The number of amides is 1. The Morgan fingerprint density at radius 3 is 2.41 bits per heavy atom. The fourth-order valence-electron chi connectivity index (χ4n) is 1.79. The summed E-state index contributed by atoms with van der Waals surface area (Å²) in [5.41, 5.74) is 1.67. The van der Waals surface area contributed by atoms with E-state index in [1.165, 1.54) is 19.1 Å². The molecule has 2 aromatic rings. The molecule has 4 nitrogen and oxygen atoms in total. The molecule has 0 fully saturated rings. The number of hydrogen-bond acceptors (Lipinski definition) is 3. The molecule has 0 aliphatic heterocycles. The number of carbonyl (C=O) groups excluding carboxylic acids is 2. The summed E-state index contributed by atoms with van der Waals surface area (Å²) in [6, 6.07) is 10.5. The van der Waals surface area contributed by atoms with E-state index in [9.17, 15) is 14.0 Å². The largest absolute Gasteiger partial charge is 0.376 e. The van der Waals surface area contributed by atoms with Crippen LogP contribution in [0.2, 0.25) is 5.02 Å². The van der Waals surface area contributed by atoms with Crippen LogP contribution in [0.15, 0.2) is 42.5 Å². The molecule has 1 amide bonds. The van der Waals surface area contributed by atoms with E-state index in [0.29, 0.717) is 16.9 Å². The number of Topliss-reactive ketones (excluding diaryl/α,β-unsaturated/α-hetero) is 1. The van der Waals surface area contributed by atoms with Crippen molar-refractivity contribution in [3.05, 3.63) is 58.9 Å². The van der Waals surface area contributed by atoms with Crippen LogP contribution in [0.1, 0.15) is 17.3 Å². The molecule has 0 spiro atoms. The molecule has 2 rings (SSSR count). The Morgan fingerprint density at radius 1 is 1.14 bits per heavy atom. The fraction of sp³-hybridized carbons (Fsp3) is 0.125. The summed E-state index contributed by atoms with van der Waals surface area (Å²) in [5, 5.41) is 5.64. The molecular weight excluding hydrogens is 307 g/mol. The van der Waals surface area contributed by atoms with Gasteiger partial charge in [0.1, 0.15) is 5.82 Å². The van der Waals surface area contributed by atoms with Crippen molar-refractivity contribution in [1.29, 1.82) is 0 Å². The molecule has 0 saturated carbocycles. The van der Waals surface area contributed by atoms with E-state index in [-0.39, 0.29) is 23.3 Å². The lowest BCUT2D eigenvalue weighted by Gasteiger charge is -2.09. The van der Waals surface area contributed by atoms with Crippen LogP contribution in [0.3, 0.4) is 0 Å². The second-order valence-corrected chi connectivity index (χ2v) is 5.07. The van der Waals surface area contributed by atoms with Crippen molar-refractivity contribution < 1.29 is 14.0 Å². The zero-order chi connectivity index (χ0) is 16.1. The minimum absolute atomic E-state index is 0.0183. The molecule has 0 aromatic heterocycles. The van der Waals surface area contributed by atoms with Gasteiger partial charge in [0.15, 0.2) is 5.78 Å². The molecule has 0 bridgehead atoms. The summed E-state index contributed by atoms with van der Waals surface area (Å²) >= 11 is 5.83. The lowest BCUT2D eigenvalue weighted by molar-refractivity contribution is -0.114. The van der Waals surface area contributed by atoms with Crippen molar-refractivity contribution in [1.82, 2.24) is 0 Å². The Labute approximate surface area is 132 Å². The number of anilines is 2. The number of benzene rings is 2. The van der Waals surface area contributed by atoms with E-state index < -0.39 is 5.82 Å². The highest BCUT2D eigenvalue weighted by Gasteiger charge is 2.07. The summed E-state index contributed by atoms with van der Waals surface area (Å²) < 4.78 is 12.9. The van der Waals surface area contributed by atoms with Gasteiger partial charge in [0.2, 0.25) is 5.91 Å². The number of nitrogens with one attached hydrogen (secondary N) is 2. The highest BCUT2D eigenvalue weighted by molar-refractivity contribution is 6.33. The van der Waals surface area contributed by atoms with Crippen molar-refractivity contribution in [2.75, 3.05) is 17.2 Å². The number of rotatable bonds is 5. The van der Waals surface area contributed by atoms with Crippen LogP contribution in [-0.2, 0) is 4.79 Å². The van der Waals surface area contributed by atoms with Gasteiger partial charge in [-0.3, -0.25) is 9.59 Å². The Balaban J connectivity index is 1.91. The van der Waals surface area contributed by atoms with Gasteiger partial charge in [0.25, 0.3) is 0 Å². The third-order valence-corrected chi connectivity index (χ3v) is 3.26. The van der Waals surface area contributed by atoms with Gasteiger partial charge in [-0.15, -0.1) is 0 Å². The number of carbonyl (C=O) groups is 2. The van der Waals surface area contributed by atoms with Crippen molar-refractivity contribution in [2.45, 2.75) is 6.92 Å². The van der Waals surface area contributed by atoms with Crippen LogP contribution < -0.4 is 10.6 Å². The monoisotopic (exact) mass is 320 g/mol. The standard InChI is InChI=1S/C16H14ClFN2O2/c1-10(21)11-2-5-13(6-3-11)19-9-16(22)20-15-7-4-12(18)8-14(15)17/h2-8,19H,9H2,1H3,(H,20,22). The molecule has 0 saturated heterocycles. The van der Waals surface area contributed by atoms with E-state index >= 15 is 0 Å². The zero-order valence-electron chi connectivity index (χ0n) is 11.8. The molecule has 0 unspecified atom stereocenters. The summed E-state index contributed by atoms with van der Waals surface area (Å²) in [6.07, 6.45) is 0. The molecule has 114 valence electrons. The molecule has 0 aliphatic carbocycles. The third-order valence-electron chi connectivity index (χ3n) is 2.95. The Kier molecular flexibility index (Phi) is 5.12. The van der Waals surface area contributed by atoms with Crippen molar-refractivity contribution in [3.63, 3.8) is 0 Å². The van der Waals surface area contributed by atoms with Gasteiger partial charge in [-0.2, -0.15) is 0 Å². The van der Waals surface area contributed by atoms with Gasteiger partial charge >= 0.3 is 0 Å². The number of ketones is 1. The smallest absolute Gasteiger partial charge is 0.243 e. The molecule has 0 heterocycles. The minimum atomic E-state index is -0.466. The third kappa shape index (κ3) is 4.30. The average molecular weight is 321 g/mol. The van der Waals surface area contributed by atoms with Gasteiger partial charge in [0.05, 0.1) is 17.3 Å². The lowest BCUT2D eigenvalue weighted by atomic mass is 10.1. The first-order valence-electron chi connectivity index (χ1n) is 6.55. The second kappa shape index (κ2) is 7.04. The summed E-state index contributed by atoms with van der Waals surface area (Å²) in [7, 11) is 0. The van der Waals surface area contributed by atoms with Gasteiger partial charge < -0.3 is 10.6 Å². The molecule has 0 radical (unpaired) electrons. The maximum absolute atomic E-state index is 12.9. The molecular formula is C16H14ClFN2O2. The Hall–Kier alpha value is -2.40. The Morgan fingerprint density at radius 2 is 1.82 bits per heavy atom. The quantitative estimate of drug-likeness (QED) is 0.825. The van der Waals surface area contributed by atoms with E-state index in [1.807, 2.05) is 0 Å². The maximum atomic E-state index is 12.9. The molecule has 2 aromatic carbocycles. The van der Waals surface area contributed by atoms with Gasteiger partial charge in [-0.05, 0) is 49.4 Å². The summed E-state index contributed by atoms with van der Waals surface area (Å²) in [5.74, 6) is -0.800. The van der Waals surface area contributed by atoms with Crippen molar-refractivity contribution >= 4 is 34.7 Å². The van der Waals surface area contributed by atoms with Gasteiger partial charge in [0, 0.05) is 11.3 Å². The topological polar surface area (TPSA) is 58.2 Å². The van der Waals surface area contributed by atoms with E-state index in [1.54, 1.807) is 24.3 Å². The number of halogens is 2. The van der Waals surface area contributed by atoms with E-state index in [2.05, 4.69) is 10.6 Å². The highest BCUT2D eigenvalue weighted by Crippen LogP contribution is 2.22. The first-order valence-corrected chi connectivity index (χ1v) is 6.93. The van der Waals surface area contributed by atoms with Crippen LogP contribution in [0.25, 0.3) is 0 Å². The molecule has 0 atom stereocenters.